The summed E-state index contributed by atoms with van der Waals surface area (Å²) in [4.78, 5) is 33.2. The molecular weight excluding hydrogens is 404 g/mol. The Balaban J connectivity index is 1.32. The molecule has 5 rings (SSSR count). The number of nitrogens with zero attached hydrogens (tertiary/aromatic N) is 6. The van der Waals surface area contributed by atoms with Gasteiger partial charge < -0.3 is 25.3 Å². The number of likely N-dealkylation sites (N-methyl/N-ethyl adjacent to an activating group) is 1. The molecule has 4 aliphatic heterocycles. The minimum atomic E-state index is -0.133. The lowest BCUT2D eigenvalue weighted by Gasteiger charge is -2.43. The molecule has 9 nitrogen and oxygen atoms in total. The SMILES string of the molecule is CC(C)C[C@H]1CN(C)C(=O)C2=CC3C=NC(Nc4ccc(N5CCNCC5)cn4)=NC3N21. The third-order valence-electron chi connectivity index (χ3n) is 6.54. The van der Waals surface area contributed by atoms with E-state index >= 15 is 0 Å². The Labute approximate surface area is 189 Å². The summed E-state index contributed by atoms with van der Waals surface area (Å²) in [6, 6.07) is 4.32. The maximum absolute atomic E-state index is 12.8. The van der Waals surface area contributed by atoms with E-state index in [-0.39, 0.29) is 24.0 Å². The minimum Gasteiger partial charge on any atom is -0.368 e. The molecule has 32 heavy (non-hydrogen) atoms. The van der Waals surface area contributed by atoms with Crippen LogP contribution in [0.1, 0.15) is 20.3 Å². The van der Waals surface area contributed by atoms with Crippen molar-refractivity contribution in [3.05, 3.63) is 30.1 Å². The zero-order chi connectivity index (χ0) is 22.2. The van der Waals surface area contributed by atoms with Crippen molar-refractivity contribution < 1.29 is 4.79 Å². The largest absolute Gasteiger partial charge is 0.368 e. The van der Waals surface area contributed by atoms with Crippen LogP contribution >= 0.6 is 0 Å². The summed E-state index contributed by atoms with van der Waals surface area (Å²) < 4.78 is 0. The number of amides is 1. The van der Waals surface area contributed by atoms with E-state index in [1.807, 2.05) is 36.5 Å². The molecule has 3 atom stereocenters. The Hall–Kier alpha value is -2.94. The van der Waals surface area contributed by atoms with Gasteiger partial charge in [-0.25, -0.2) is 15.0 Å². The summed E-state index contributed by atoms with van der Waals surface area (Å²) in [6.45, 7) is 9.15. The van der Waals surface area contributed by atoms with Gasteiger partial charge in [-0.05, 0) is 30.5 Å². The molecule has 2 N–H and O–H groups in total. The number of carbonyl (C=O) groups excluding carboxylic acids is 1. The molecule has 1 aromatic rings. The number of aromatic nitrogens is 1. The molecule has 0 bridgehead atoms. The molecule has 5 heterocycles. The van der Waals surface area contributed by atoms with Gasteiger partial charge >= 0.3 is 0 Å². The molecule has 1 aromatic heterocycles. The fourth-order valence-electron chi connectivity index (χ4n) is 5.02. The third kappa shape index (κ3) is 3.97. The number of anilines is 2. The van der Waals surface area contributed by atoms with Crippen molar-refractivity contribution in [1.82, 2.24) is 20.1 Å². The quantitative estimate of drug-likeness (QED) is 0.741. The Kier molecular flexibility index (Phi) is 5.58. The zero-order valence-electron chi connectivity index (χ0n) is 19.0. The fraction of sp³-hybridized carbons (Fsp3) is 0.565. The van der Waals surface area contributed by atoms with Crippen LogP contribution in [-0.4, -0.2) is 84.8 Å². The van der Waals surface area contributed by atoms with Gasteiger partial charge in [0.2, 0.25) is 5.96 Å². The summed E-state index contributed by atoms with van der Waals surface area (Å²) in [7, 11) is 1.88. The van der Waals surface area contributed by atoms with Gasteiger partial charge in [0.15, 0.2) is 0 Å². The average Bonchev–Trinajstić information content (AvgIpc) is 3.17. The van der Waals surface area contributed by atoms with Crippen molar-refractivity contribution in [3.63, 3.8) is 0 Å². The molecule has 0 spiro atoms. The van der Waals surface area contributed by atoms with Crippen LogP contribution in [0.4, 0.5) is 11.5 Å². The molecule has 9 heteroatoms. The fourth-order valence-corrected chi connectivity index (χ4v) is 5.02. The molecule has 0 radical (unpaired) electrons. The van der Waals surface area contributed by atoms with E-state index in [9.17, 15) is 4.79 Å². The number of fused-ring (bicyclic) bond motifs is 3. The highest BCUT2D eigenvalue weighted by Gasteiger charge is 2.46. The molecule has 2 fully saturated rings. The van der Waals surface area contributed by atoms with Crippen LogP contribution in [0.3, 0.4) is 0 Å². The summed E-state index contributed by atoms with van der Waals surface area (Å²) in [5.74, 6) is 1.89. The first-order valence-electron chi connectivity index (χ1n) is 11.6. The standard InChI is InChI=1S/C23H32N8O/c1-15(2)10-18-14-29(3)22(32)19-11-16-12-26-23(28-21(16)31(18)19)27-20-5-4-17(13-25-20)30-8-6-24-7-9-30/h4-5,11-13,15-16,18,21,24H,6-10,14H2,1-3H3,(H,25,27,28)/t16?,18-,21?/m0/s1. The number of pyridine rings is 1. The Morgan fingerprint density at radius 2 is 2.06 bits per heavy atom. The summed E-state index contributed by atoms with van der Waals surface area (Å²) in [6.07, 6.45) is 6.71. The van der Waals surface area contributed by atoms with Crippen molar-refractivity contribution in [3.8, 4) is 0 Å². The highest BCUT2D eigenvalue weighted by molar-refractivity contribution is 6.01. The van der Waals surface area contributed by atoms with Crippen LogP contribution < -0.4 is 15.5 Å². The van der Waals surface area contributed by atoms with Crippen molar-refractivity contribution in [2.75, 3.05) is 50.0 Å². The number of guanidine groups is 1. The normalized spacial score (nSPS) is 27.3. The summed E-state index contributed by atoms with van der Waals surface area (Å²) >= 11 is 0. The lowest BCUT2D eigenvalue weighted by Crippen LogP contribution is -2.55. The lowest BCUT2D eigenvalue weighted by atomic mass is 9.99. The summed E-state index contributed by atoms with van der Waals surface area (Å²) in [5, 5.41) is 6.63. The molecule has 2 unspecified atom stereocenters. The second-order valence-electron chi connectivity index (χ2n) is 9.41. The molecular formula is C23H32N8O. The molecule has 1 amide bonds. The number of aliphatic imine (C=N–C) groups is 2. The van der Waals surface area contributed by atoms with E-state index in [0.29, 0.717) is 11.9 Å². The third-order valence-corrected chi connectivity index (χ3v) is 6.54. The van der Waals surface area contributed by atoms with Crippen molar-refractivity contribution >= 4 is 29.6 Å². The van der Waals surface area contributed by atoms with Gasteiger partial charge in [0.25, 0.3) is 5.91 Å². The second kappa shape index (κ2) is 8.54. The number of hydrogen-bond acceptors (Lipinski definition) is 8. The zero-order valence-corrected chi connectivity index (χ0v) is 19.0. The van der Waals surface area contributed by atoms with Crippen LogP contribution in [0.5, 0.6) is 0 Å². The van der Waals surface area contributed by atoms with Gasteiger partial charge in [-0.1, -0.05) is 13.8 Å². The number of piperazine rings is 2. The molecule has 0 aliphatic carbocycles. The molecule has 4 aliphatic rings. The van der Waals surface area contributed by atoms with Gasteiger partial charge in [0.05, 0.1) is 17.8 Å². The van der Waals surface area contributed by atoms with Gasteiger partial charge in [0, 0.05) is 52.0 Å². The monoisotopic (exact) mass is 436 g/mol. The maximum atomic E-state index is 12.8. The van der Waals surface area contributed by atoms with Crippen LogP contribution in [0.25, 0.3) is 0 Å². The van der Waals surface area contributed by atoms with Gasteiger partial charge in [-0.15, -0.1) is 0 Å². The first-order chi connectivity index (χ1) is 15.5. The lowest BCUT2D eigenvalue weighted by molar-refractivity contribution is -0.132. The topological polar surface area (TPSA) is 88.5 Å². The van der Waals surface area contributed by atoms with Crippen molar-refractivity contribution in [1.29, 1.82) is 0 Å². The van der Waals surface area contributed by atoms with Crippen molar-refractivity contribution in [2.24, 2.45) is 21.8 Å². The van der Waals surface area contributed by atoms with Gasteiger partial charge in [-0.2, -0.15) is 0 Å². The molecule has 0 saturated carbocycles. The predicted molar refractivity (Wildman–Crippen MR) is 127 cm³/mol. The van der Waals surface area contributed by atoms with E-state index in [1.165, 1.54) is 0 Å². The van der Waals surface area contributed by atoms with Crippen LogP contribution in [-0.2, 0) is 4.79 Å². The predicted octanol–water partition coefficient (Wildman–Crippen LogP) is 1.37. The Bertz CT molecular complexity index is 947. The number of carbonyl (C=O) groups is 1. The van der Waals surface area contributed by atoms with Crippen LogP contribution in [0.2, 0.25) is 0 Å². The van der Waals surface area contributed by atoms with Crippen molar-refractivity contribution in [2.45, 2.75) is 32.5 Å². The van der Waals surface area contributed by atoms with Crippen LogP contribution in [0, 0.1) is 11.8 Å². The second-order valence-corrected chi connectivity index (χ2v) is 9.41. The van der Waals surface area contributed by atoms with E-state index < -0.39 is 0 Å². The van der Waals surface area contributed by atoms with Gasteiger partial charge in [0.1, 0.15) is 17.7 Å². The molecule has 0 aromatic carbocycles. The van der Waals surface area contributed by atoms with E-state index in [1.54, 1.807) is 0 Å². The molecule has 2 saturated heterocycles. The van der Waals surface area contributed by atoms with E-state index in [4.69, 9.17) is 4.99 Å². The average molecular weight is 437 g/mol. The minimum absolute atomic E-state index is 0.0173. The van der Waals surface area contributed by atoms with E-state index in [0.717, 1.165) is 56.3 Å². The highest BCUT2D eigenvalue weighted by Crippen LogP contribution is 2.37. The Morgan fingerprint density at radius 3 is 2.78 bits per heavy atom. The first kappa shape index (κ1) is 20.9. The van der Waals surface area contributed by atoms with Gasteiger partial charge in [-0.3, -0.25) is 4.79 Å². The van der Waals surface area contributed by atoms with Crippen LogP contribution in [0.15, 0.2) is 40.1 Å². The number of rotatable bonds is 4. The Morgan fingerprint density at radius 1 is 1.25 bits per heavy atom. The summed E-state index contributed by atoms with van der Waals surface area (Å²) in [5.41, 5.74) is 1.89. The smallest absolute Gasteiger partial charge is 0.269 e. The first-order valence-corrected chi connectivity index (χ1v) is 11.6. The number of nitrogens with one attached hydrogen (secondary N) is 2. The highest BCUT2D eigenvalue weighted by atomic mass is 16.2. The van der Waals surface area contributed by atoms with E-state index in [2.05, 4.69) is 50.3 Å². The molecule has 170 valence electrons. The number of hydrogen-bond donors (Lipinski definition) is 2. The maximum Gasteiger partial charge on any atom is 0.269 e.